The molecule has 4 rings (SSSR count). The van der Waals surface area contributed by atoms with E-state index in [0.717, 1.165) is 37.4 Å². The fourth-order valence-electron chi connectivity index (χ4n) is 3.76. The highest BCUT2D eigenvalue weighted by molar-refractivity contribution is 6.38. The summed E-state index contributed by atoms with van der Waals surface area (Å²) >= 11 is 0. The van der Waals surface area contributed by atoms with Crippen LogP contribution in [0.3, 0.4) is 0 Å². The first-order chi connectivity index (χ1) is 14.7. The molecule has 1 unspecified atom stereocenters. The molecule has 156 valence electrons. The van der Waals surface area contributed by atoms with Crippen LogP contribution in [0.4, 0.5) is 17.2 Å². The zero-order valence-corrected chi connectivity index (χ0v) is 17.0. The number of anilines is 3. The maximum absolute atomic E-state index is 13.3. The first kappa shape index (κ1) is 19.9. The van der Waals surface area contributed by atoms with Crippen LogP contribution in [0.25, 0.3) is 0 Å². The predicted molar refractivity (Wildman–Crippen MR) is 116 cm³/mol. The summed E-state index contributed by atoms with van der Waals surface area (Å²) in [6.07, 6.45) is 4.15. The second-order valence-corrected chi connectivity index (χ2v) is 7.23. The number of ether oxygens (including phenoxy) is 1. The van der Waals surface area contributed by atoms with Gasteiger partial charge in [0.25, 0.3) is 0 Å². The number of amides is 1. The number of nitrogens with one attached hydrogen (secondary N) is 1. The summed E-state index contributed by atoms with van der Waals surface area (Å²) in [7, 11) is 0. The lowest BCUT2D eigenvalue weighted by Crippen LogP contribution is -2.39. The number of hydrogen-bond acceptors (Lipinski definition) is 7. The molecule has 0 saturated carbocycles. The number of nitrogens with zero attached hydrogens (tertiary/aromatic N) is 4. The number of hydrazone groups is 1. The van der Waals surface area contributed by atoms with Gasteiger partial charge < -0.3 is 15.0 Å². The SMILES string of the molecule is CCOC(=O)C1=NN(c2ccccc2)C(C(=O)Nc2cccnc2N2CCCC2)C1. The molecule has 1 N–H and O–H groups in total. The average molecular weight is 407 g/mol. The highest BCUT2D eigenvalue weighted by atomic mass is 16.5. The number of hydrogen-bond donors (Lipinski definition) is 1. The van der Waals surface area contributed by atoms with E-state index in [1.54, 1.807) is 24.2 Å². The lowest BCUT2D eigenvalue weighted by Gasteiger charge is -2.24. The largest absolute Gasteiger partial charge is 0.461 e. The maximum Gasteiger partial charge on any atom is 0.354 e. The summed E-state index contributed by atoms with van der Waals surface area (Å²) in [5, 5.41) is 9.01. The fourth-order valence-corrected chi connectivity index (χ4v) is 3.76. The van der Waals surface area contributed by atoms with Crippen LogP contribution in [0, 0.1) is 0 Å². The third kappa shape index (κ3) is 4.12. The van der Waals surface area contributed by atoms with E-state index < -0.39 is 12.0 Å². The minimum absolute atomic E-state index is 0.179. The van der Waals surface area contributed by atoms with E-state index in [9.17, 15) is 9.59 Å². The Labute approximate surface area is 175 Å². The summed E-state index contributed by atoms with van der Waals surface area (Å²) in [6.45, 7) is 3.86. The van der Waals surface area contributed by atoms with Gasteiger partial charge in [0.2, 0.25) is 5.91 Å². The number of rotatable bonds is 6. The van der Waals surface area contributed by atoms with E-state index in [2.05, 4.69) is 20.3 Å². The molecule has 8 nitrogen and oxygen atoms in total. The lowest BCUT2D eigenvalue weighted by atomic mass is 10.1. The van der Waals surface area contributed by atoms with Crippen LogP contribution in [0.5, 0.6) is 0 Å². The summed E-state index contributed by atoms with van der Waals surface area (Å²) in [6, 6.07) is 12.4. The second-order valence-electron chi connectivity index (χ2n) is 7.23. The van der Waals surface area contributed by atoms with Gasteiger partial charge in [0.15, 0.2) is 5.82 Å². The molecule has 0 bridgehead atoms. The maximum atomic E-state index is 13.3. The Bertz CT molecular complexity index is 941. The van der Waals surface area contributed by atoms with Crippen molar-refractivity contribution in [3.05, 3.63) is 48.7 Å². The Kier molecular flexibility index (Phi) is 5.92. The highest BCUT2D eigenvalue weighted by Crippen LogP contribution is 2.29. The molecule has 1 saturated heterocycles. The Hall–Kier alpha value is -3.42. The van der Waals surface area contributed by atoms with Crippen molar-refractivity contribution < 1.29 is 14.3 Å². The Balaban J connectivity index is 1.57. The number of aromatic nitrogens is 1. The van der Waals surface area contributed by atoms with E-state index >= 15 is 0 Å². The molecule has 0 aliphatic carbocycles. The van der Waals surface area contributed by atoms with E-state index in [4.69, 9.17) is 4.74 Å². The molecule has 0 radical (unpaired) electrons. The summed E-state index contributed by atoms with van der Waals surface area (Å²) in [5.74, 6) is 0.0438. The van der Waals surface area contributed by atoms with Gasteiger partial charge in [-0.3, -0.25) is 9.80 Å². The second kappa shape index (κ2) is 8.94. The molecule has 1 atom stereocenters. The van der Waals surface area contributed by atoms with Crippen molar-refractivity contribution in [3.63, 3.8) is 0 Å². The number of carbonyl (C=O) groups is 2. The fraction of sp³-hybridized carbons (Fsp3) is 0.364. The summed E-state index contributed by atoms with van der Waals surface area (Å²) < 4.78 is 5.10. The van der Waals surface area contributed by atoms with E-state index in [1.807, 2.05) is 36.4 Å². The van der Waals surface area contributed by atoms with E-state index in [0.29, 0.717) is 5.69 Å². The lowest BCUT2D eigenvalue weighted by molar-refractivity contribution is -0.135. The standard InChI is InChI=1S/C22H25N5O3/c1-2-30-22(29)18-15-19(27(25-18)16-9-4-3-5-10-16)21(28)24-17-11-8-12-23-20(17)26-13-6-7-14-26/h3-5,8-12,19H,2,6-7,13-15H2,1H3,(H,24,28). The van der Waals surface area contributed by atoms with Gasteiger partial charge in [-0.05, 0) is 44.0 Å². The van der Waals surface area contributed by atoms with Crippen molar-refractivity contribution in [2.75, 3.05) is 34.9 Å². The first-order valence-corrected chi connectivity index (χ1v) is 10.3. The number of para-hydroxylation sites is 1. The third-order valence-corrected chi connectivity index (χ3v) is 5.19. The Morgan fingerprint density at radius 2 is 1.90 bits per heavy atom. The van der Waals surface area contributed by atoms with Crippen molar-refractivity contribution in [1.29, 1.82) is 0 Å². The molecule has 8 heteroatoms. The molecular formula is C22H25N5O3. The van der Waals surface area contributed by atoms with Crippen LogP contribution < -0.4 is 15.2 Å². The monoisotopic (exact) mass is 407 g/mol. The molecule has 2 aromatic rings. The Morgan fingerprint density at radius 3 is 2.63 bits per heavy atom. The van der Waals surface area contributed by atoms with Crippen LogP contribution >= 0.6 is 0 Å². The molecule has 2 aliphatic rings. The zero-order chi connectivity index (χ0) is 20.9. The van der Waals surface area contributed by atoms with Crippen LogP contribution in [-0.2, 0) is 14.3 Å². The number of benzene rings is 1. The molecule has 1 aromatic carbocycles. The molecular weight excluding hydrogens is 382 g/mol. The molecule has 3 heterocycles. The molecule has 1 aromatic heterocycles. The molecule has 1 fully saturated rings. The van der Waals surface area contributed by atoms with Crippen molar-refractivity contribution >= 4 is 34.8 Å². The van der Waals surface area contributed by atoms with Crippen molar-refractivity contribution in [2.24, 2.45) is 5.10 Å². The van der Waals surface area contributed by atoms with Crippen LogP contribution in [0.15, 0.2) is 53.8 Å². The zero-order valence-electron chi connectivity index (χ0n) is 17.0. The minimum Gasteiger partial charge on any atom is -0.461 e. The molecule has 2 aliphatic heterocycles. The van der Waals surface area contributed by atoms with Gasteiger partial charge in [-0.1, -0.05) is 18.2 Å². The molecule has 1 amide bonds. The summed E-state index contributed by atoms with van der Waals surface area (Å²) in [5.41, 5.74) is 1.65. The minimum atomic E-state index is -0.654. The van der Waals surface area contributed by atoms with Gasteiger partial charge >= 0.3 is 5.97 Å². The normalized spacial score (nSPS) is 18.3. The van der Waals surface area contributed by atoms with Gasteiger partial charge in [-0.2, -0.15) is 5.10 Å². The quantitative estimate of drug-likeness (QED) is 0.741. The van der Waals surface area contributed by atoms with E-state index in [-0.39, 0.29) is 24.6 Å². The van der Waals surface area contributed by atoms with Gasteiger partial charge in [-0.15, -0.1) is 0 Å². The number of carbonyl (C=O) groups excluding carboxylic acids is 2. The smallest absolute Gasteiger partial charge is 0.354 e. The first-order valence-electron chi connectivity index (χ1n) is 10.3. The van der Waals surface area contributed by atoms with Gasteiger partial charge in [-0.25, -0.2) is 9.78 Å². The summed E-state index contributed by atoms with van der Waals surface area (Å²) in [4.78, 5) is 32.2. The van der Waals surface area contributed by atoms with Crippen molar-refractivity contribution in [2.45, 2.75) is 32.2 Å². The Morgan fingerprint density at radius 1 is 1.13 bits per heavy atom. The van der Waals surface area contributed by atoms with Crippen LogP contribution in [0.2, 0.25) is 0 Å². The molecule has 30 heavy (non-hydrogen) atoms. The highest BCUT2D eigenvalue weighted by Gasteiger charge is 2.37. The van der Waals surface area contributed by atoms with Gasteiger partial charge in [0.1, 0.15) is 11.8 Å². The number of pyridine rings is 1. The molecule has 0 spiro atoms. The number of esters is 1. The van der Waals surface area contributed by atoms with Crippen molar-refractivity contribution in [1.82, 2.24) is 4.98 Å². The van der Waals surface area contributed by atoms with Crippen LogP contribution in [0.1, 0.15) is 26.2 Å². The van der Waals surface area contributed by atoms with Crippen molar-refractivity contribution in [3.8, 4) is 0 Å². The third-order valence-electron chi connectivity index (χ3n) is 5.19. The van der Waals surface area contributed by atoms with Crippen LogP contribution in [-0.4, -0.2) is 48.3 Å². The topological polar surface area (TPSA) is 87.1 Å². The predicted octanol–water partition coefficient (Wildman–Crippen LogP) is 2.82. The van der Waals surface area contributed by atoms with E-state index in [1.165, 1.54) is 0 Å². The van der Waals surface area contributed by atoms with Gasteiger partial charge in [0.05, 0.1) is 18.0 Å². The average Bonchev–Trinajstić information content (AvgIpc) is 3.45. The van der Waals surface area contributed by atoms with Gasteiger partial charge in [0, 0.05) is 25.7 Å².